The molecule has 3 N–H and O–H groups in total. The third-order valence-electron chi connectivity index (χ3n) is 6.53. The lowest BCUT2D eigenvalue weighted by atomic mass is 9.90. The minimum absolute atomic E-state index is 0.0343. The molecule has 4 rings (SSSR count). The number of likely N-dealkylation sites (N-methyl/N-ethyl adjacent to an activating group) is 1. The molecule has 1 aliphatic heterocycles. The van der Waals surface area contributed by atoms with Gasteiger partial charge in [0.15, 0.2) is 11.6 Å². The Morgan fingerprint density at radius 1 is 1.06 bits per heavy atom. The van der Waals surface area contributed by atoms with E-state index in [2.05, 4.69) is 20.9 Å². The molecule has 2 aromatic rings. The zero-order valence-corrected chi connectivity index (χ0v) is 20.1. The Morgan fingerprint density at radius 2 is 1.82 bits per heavy atom. The lowest BCUT2D eigenvalue weighted by Crippen LogP contribution is -2.49. The predicted molar refractivity (Wildman–Crippen MR) is 137 cm³/mol. The fourth-order valence-corrected chi connectivity index (χ4v) is 4.85. The van der Waals surface area contributed by atoms with Gasteiger partial charge in [-0.25, -0.2) is 9.79 Å². The van der Waals surface area contributed by atoms with Gasteiger partial charge in [-0.2, -0.15) is 0 Å². The largest absolute Gasteiger partial charge is 0.358 e. The number of nitrogens with one attached hydrogen (secondary N) is 3. The van der Waals surface area contributed by atoms with Crippen molar-refractivity contribution in [3.05, 3.63) is 71.7 Å². The fraction of sp³-hybridized carbons (Fsp3) is 0.370. The van der Waals surface area contributed by atoms with E-state index in [1.807, 2.05) is 62.5 Å². The van der Waals surface area contributed by atoms with E-state index in [-0.39, 0.29) is 5.78 Å². The van der Waals surface area contributed by atoms with Crippen LogP contribution in [0.5, 0.6) is 0 Å². The van der Waals surface area contributed by atoms with Crippen LogP contribution < -0.4 is 16.0 Å². The van der Waals surface area contributed by atoms with Crippen LogP contribution >= 0.6 is 0 Å². The number of fused-ring (bicyclic) bond motifs is 1. The fourth-order valence-electron chi connectivity index (χ4n) is 4.85. The Bertz CT molecular complexity index is 1120. The molecule has 2 aliphatic rings. The van der Waals surface area contributed by atoms with Crippen molar-refractivity contribution in [1.82, 2.24) is 10.2 Å². The molecule has 2 amide bonds. The van der Waals surface area contributed by atoms with Gasteiger partial charge in [-0.15, -0.1) is 0 Å². The van der Waals surface area contributed by atoms with Crippen LogP contribution in [0.2, 0.25) is 0 Å². The molecular formula is C27H33N5O2. The summed E-state index contributed by atoms with van der Waals surface area (Å²) in [6, 6.07) is 14.8. The zero-order chi connectivity index (χ0) is 24.1. The standard InChI is InChI=1S/C27H33N5O2/c1-18-10-9-11-20(16-18)29-27(34)31-24-17-28-23-15-8-7-14-22(23)25(30-24)26(19(2)33)32(3)21-12-5-4-6-13-21/h7-11,14-17,21,26,28H,4-6,12-13H2,1-3H3,(H2,29,31,34). The van der Waals surface area contributed by atoms with Gasteiger partial charge in [0.1, 0.15) is 6.04 Å². The first kappa shape index (κ1) is 23.7. The highest BCUT2D eigenvalue weighted by atomic mass is 16.2. The molecule has 1 atom stereocenters. The number of ketones is 1. The van der Waals surface area contributed by atoms with Crippen molar-refractivity contribution in [2.75, 3.05) is 17.7 Å². The van der Waals surface area contributed by atoms with E-state index in [1.165, 1.54) is 19.3 Å². The Morgan fingerprint density at radius 3 is 2.56 bits per heavy atom. The quantitative estimate of drug-likeness (QED) is 0.564. The van der Waals surface area contributed by atoms with E-state index in [1.54, 1.807) is 13.1 Å². The number of hydrogen-bond acceptors (Lipinski definition) is 5. The summed E-state index contributed by atoms with van der Waals surface area (Å²) in [5.74, 6) is 0.381. The van der Waals surface area contributed by atoms with Gasteiger partial charge >= 0.3 is 6.03 Å². The molecule has 2 aromatic carbocycles. The second kappa shape index (κ2) is 10.7. The Hall–Kier alpha value is -3.45. The summed E-state index contributed by atoms with van der Waals surface area (Å²) in [4.78, 5) is 32.7. The molecule has 0 bridgehead atoms. The minimum Gasteiger partial charge on any atom is -0.358 e. The lowest BCUT2D eigenvalue weighted by Gasteiger charge is -2.36. The summed E-state index contributed by atoms with van der Waals surface area (Å²) in [7, 11) is 2.02. The van der Waals surface area contributed by atoms with Crippen LogP contribution in [0.15, 0.2) is 65.5 Å². The summed E-state index contributed by atoms with van der Waals surface area (Å²) in [6.45, 7) is 3.59. The topological polar surface area (TPSA) is 85.8 Å². The van der Waals surface area contributed by atoms with E-state index in [4.69, 9.17) is 4.99 Å². The van der Waals surface area contributed by atoms with Crippen molar-refractivity contribution in [1.29, 1.82) is 0 Å². The van der Waals surface area contributed by atoms with E-state index >= 15 is 0 Å². The van der Waals surface area contributed by atoms with Crippen LogP contribution in [-0.4, -0.2) is 41.6 Å². The van der Waals surface area contributed by atoms with E-state index in [0.717, 1.165) is 29.7 Å². The highest BCUT2D eigenvalue weighted by Crippen LogP contribution is 2.28. The smallest absolute Gasteiger partial charge is 0.324 e. The summed E-state index contributed by atoms with van der Waals surface area (Å²) in [5, 5.41) is 8.93. The van der Waals surface area contributed by atoms with Gasteiger partial charge in [0, 0.05) is 29.2 Å². The average Bonchev–Trinajstić information content (AvgIpc) is 2.99. The first-order valence-electron chi connectivity index (χ1n) is 11.9. The van der Waals surface area contributed by atoms with Crippen molar-refractivity contribution < 1.29 is 9.59 Å². The van der Waals surface area contributed by atoms with Gasteiger partial charge in [-0.3, -0.25) is 15.0 Å². The van der Waals surface area contributed by atoms with Crippen LogP contribution in [0.4, 0.5) is 16.2 Å². The normalized spacial score (nSPS) is 16.9. The molecule has 0 radical (unpaired) electrons. The number of carbonyl (C=O) groups excluding carboxylic acids is 2. The maximum atomic E-state index is 13.0. The third kappa shape index (κ3) is 5.54. The molecule has 1 heterocycles. The van der Waals surface area contributed by atoms with E-state index in [9.17, 15) is 9.59 Å². The number of para-hydroxylation sites is 1. The van der Waals surface area contributed by atoms with Gasteiger partial charge < -0.3 is 10.6 Å². The first-order chi connectivity index (χ1) is 16.4. The molecular weight excluding hydrogens is 426 g/mol. The number of nitrogens with zero attached hydrogens (tertiary/aromatic N) is 2. The first-order valence-corrected chi connectivity index (χ1v) is 11.9. The Balaban J connectivity index is 1.64. The van der Waals surface area contributed by atoms with Crippen LogP contribution in [0.25, 0.3) is 0 Å². The van der Waals surface area contributed by atoms with Crippen LogP contribution in [0.1, 0.15) is 50.2 Å². The average molecular weight is 460 g/mol. The SMILES string of the molecule is CC(=O)C(C1=NC(NC(=O)Nc2cccc(C)c2)=CNc2ccccc21)N(C)C1CCCCC1. The number of anilines is 2. The number of aryl methyl sites for hydroxylation is 1. The molecule has 7 nitrogen and oxygen atoms in total. The van der Waals surface area contributed by atoms with Crippen LogP contribution in [0, 0.1) is 6.92 Å². The number of amides is 2. The molecule has 0 aromatic heterocycles. The number of aliphatic imine (C=N–C) groups is 1. The van der Waals surface area contributed by atoms with Gasteiger partial charge in [-0.1, -0.05) is 49.6 Å². The van der Waals surface area contributed by atoms with E-state index in [0.29, 0.717) is 23.3 Å². The van der Waals surface area contributed by atoms with E-state index < -0.39 is 12.1 Å². The Labute approximate surface area is 201 Å². The number of Topliss-reactive ketones (excluding diaryl/α,β-unsaturated/α-hetero) is 1. The molecule has 1 fully saturated rings. The summed E-state index contributed by atoms with van der Waals surface area (Å²) < 4.78 is 0. The lowest BCUT2D eigenvalue weighted by molar-refractivity contribution is -0.120. The second-order valence-corrected chi connectivity index (χ2v) is 9.14. The minimum atomic E-state index is -0.505. The van der Waals surface area contributed by atoms with Crippen molar-refractivity contribution >= 4 is 28.9 Å². The molecule has 0 saturated heterocycles. The molecule has 0 spiro atoms. The molecule has 1 aliphatic carbocycles. The number of benzene rings is 2. The molecule has 178 valence electrons. The molecule has 1 saturated carbocycles. The molecule has 7 heteroatoms. The number of urea groups is 1. The summed E-state index contributed by atoms with van der Waals surface area (Å²) in [5.41, 5.74) is 4.10. The number of hydrogen-bond donors (Lipinski definition) is 3. The van der Waals surface area contributed by atoms with Gasteiger partial charge in [0.25, 0.3) is 0 Å². The summed E-state index contributed by atoms with van der Waals surface area (Å²) in [6.07, 6.45) is 7.42. The number of carbonyl (C=O) groups is 2. The third-order valence-corrected chi connectivity index (χ3v) is 6.53. The maximum Gasteiger partial charge on any atom is 0.324 e. The highest BCUT2D eigenvalue weighted by Gasteiger charge is 2.33. The molecule has 34 heavy (non-hydrogen) atoms. The van der Waals surface area contributed by atoms with Crippen molar-refractivity contribution in [3.8, 4) is 0 Å². The van der Waals surface area contributed by atoms with Crippen molar-refractivity contribution in [2.45, 2.75) is 58.0 Å². The Kier molecular flexibility index (Phi) is 7.43. The second-order valence-electron chi connectivity index (χ2n) is 9.14. The van der Waals surface area contributed by atoms with Gasteiger partial charge in [0.2, 0.25) is 0 Å². The summed E-state index contributed by atoms with van der Waals surface area (Å²) >= 11 is 0. The van der Waals surface area contributed by atoms with Crippen molar-refractivity contribution in [2.24, 2.45) is 4.99 Å². The molecule has 1 unspecified atom stereocenters. The van der Waals surface area contributed by atoms with Crippen LogP contribution in [-0.2, 0) is 4.79 Å². The highest BCUT2D eigenvalue weighted by molar-refractivity contribution is 6.19. The van der Waals surface area contributed by atoms with Crippen molar-refractivity contribution in [3.63, 3.8) is 0 Å². The number of rotatable bonds is 6. The predicted octanol–water partition coefficient (Wildman–Crippen LogP) is 5.05. The van der Waals surface area contributed by atoms with Gasteiger partial charge in [-0.05, 0) is 57.5 Å². The van der Waals surface area contributed by atoms with Gasteiger partial charge in [0.05, 0.1) is 5.71 Å². The zero-order valence-electron chi connectivity index (χ0n) is 20.1. The monoisotopic (exact) mass is 459 g/mol. The van der Waals surface area contributed by atoms with Crippen LogP contribution in [0.3, 0.4) is 0 Å². The maximum absolute atomic E-state index is 13.0.